The number of nitro groups is 1. The van der Waals surface area contributed by atoms with Crippen molar-refractivity contribution in [1.29, 1.82) is 0 Å². The maximum atomic E-state index is 11.7. The SMILES string of the molecule is CCSc1nnc(NC(=O)c2ccc([N+](=O)[O-])o2)s1. The predicted octanol–water partition coefficient (Wildman–Crippen LogP) is 2.40. The molecule has 1 amide bonds. The van der Waals surface area contributed by atoms with Crippen LogP contribution in [-0.4, -0.2) is 26.8 Å². The molecule has 0 bridgehead atoms. The number of rotatable bonds is 5. The zero-order valence-electron chi connectivity index (χ0n) is 9.65. The first-order chi connectivity index (χ1) is 9.10. The Morgan fingerprint density at radius 3 is 3.00 bits per heavy atom. The molecule has 0 fully saturated rings. The quantitative estimate of drug-likeness (QED) is 0.390. The molecule has 0 aliphatic carbocycles. The van der Waals surface area contributed by atoms with Crippen LogP contribution in [0.2, 0.25) is 0 Å². The van der Waals surface area contributed by atoms with E-state index in [-0.39, 0.29) is 5.76 Å². The van der Waals surface area contributed by atoms with Crippen LogP contribution in [0.1, 0.15) is 17.5 Å². The highest BCUT2D eigenvalue weighted by Gasteiger charge is 2.18. The minimum atomic E-state index is -0.711. The molecule has 2 rings (SSSR count). The third-order valence-electron chi connectivity index (χ3n) is 1.89. The summed E-state index contributed by atoms with van der Waals surface area (Å²) in [6.07, 6.45) is 0. The van der Waals surface area contributed by atoms with Gasteiger partial charge in [-0.25, -0.2) is 0 Å². The molecule has 0 aromatic carbocycles. The molecule has 0 spiro atoms. The highest BCUT2D eigenvalue weighted by atomic mass is 32.2. The van der Waals surface area contributed by atoms with Crippen LogP contribution in [0.4, 0.5) is 11.0 Å². The van der Waals surface area contributed by atoms with Gasteiger partial charge in [0.25, 0.3) is 5.91 Å². The first-order valence-corrected chi connectivity index (χ1v) is 6.92. The lowest BCUT2D eigenvalue weighted by Gasteiger charge is -1.95. The highest BCUT2D eigenvalue weighted by Crippen LogP contribution is 2.25. The van der Waals surface area contributed by atoms with Gasteiger partial charge in [0.1, 0.15) is 4.92 Å². The largest absolute Gasteiger partial charge is 0.433 e. The molecule has 0 atom stereocenters. The highest BCUT2D eigenvalue weighted by molar-refractivity contribution is 8.01. The third-order valence-corrected chi connectivity index (χ3v) is 3.74. The smallest absolute Gasteiger partial charge is 0.395 e. The van der Waals surface area contributed by atoms with Crippen LogP contribution in [0.25, 0.3) is 0 Å². The lowest BCUT2D eigenvalue weighted by atomic mass is 10.4. The molecule has 2 aromatic rings. The van der Waals surface area contributed by atoms with E-state index in [1.807, 2.05) is 6.92 Å². The van der Waals surface area contributed by atoms with Gasteiger partial charge in [-0.15, -0.1) is 10.2 Å². The number of furan rings is 1. The average molecular weight is 300 g/mol. The van der Waals surface area contributed by atoms with Crippen molar-refractivity contribution >= 4 is 40.0 Å². The number of anilines is 1. The minimum absolute atomic E-state index is 0.147. The summed E-state index contributed by atoms with van der Waals surface area (Å²) in [5, 5.41) is 20.9. The van der Waals surface area contributed by atoms with E-state index in [0.29, 0.717) is 5.13 Å². The van der Waals surface area contributed by atoms with E-state index in [1.54, 1.807) is 0 Å². The molecule has 0 radical (unpaired) electrons. The molecule has 0 aliphatic rings. The summed E-state index contributed by atoms with van der Waals surface area (Å²) in [5.41, 5.74) is 0. The third kappa shape index (κ3) is 3.29. The molecule has 100 valence electrons. The molecule has 0 unspecified atom stereocenters. The fraction of sp³-hybridized carbons (Fsp3) is 0.222. The lowest BCUT2D eigenvalue weighted by Crippen LogP contribution is -2.10. The normalized spacial score (nSPS) is 10.4. The monoisotopic (exact) mass is 300 g/mol. The number of aromatic nitrogens is 2. The van der Waals surface area contributed by atoms with Crippen molar-refractivity contribution in [1.82, 2.24) is 10.2 Å². The summed E-state index contributed by atoms with van der Waals surface area (Å²) in [4.78, 5) is 21.4. The Balaban J connectivity index is 2.04. The van der Waals surface area contributed by atoms with E-state index in [1.165, 1.54) is 29.2 Å². The Morgan fingerprint density at radius 1 is 1.58 bits per heavy atom. The molecule has 2 aromatic heterocycles. The average Bonchev–Trinajstić information content (AvgIpc) is 2.98. The van der Waals surface area contributed by atoms with Crippen LogP contribution in [0.15, 0.2) is 20.9 Å². The van der Waals surface area contributed by atoms with Gasteiger partial charge >= 0.3 is 5.88 Å². The van der Waals surface area contributed by atoms with Gasteiger partial charge in [0.2, 0.25) is 5.13 Å². The van der Waals surface area contributed by atoms with Gasteiger partial charge in [-0.05, 0) is 11.8 Å². The molecule has 0 saturated carbocycles. The first-order valence-electron chi connectivity index (χ1n) is 5.12. The summed E-state index contributed by atoms with van der Waals surface area (Å²) in [7, 11) is 0. The van der Waals surface area contributed by atoms with Gasteiger partial charge in [-0.3, -0.25) is 20.2 Å². The number of thioether (sulfide) groups is 1. The number of hydrogen-bond acceptors (Lipinski definition) is 8. The summed E-state index contributed by atoms with van der Waals surface area (Å²) in [5.74, 6) is -0.374. The topological polar surface area (TPSA) is 111 Å². The zero-order valence-corrected chi connectivity index (χ0v) is 11.3. The maximum absolute atomic E-state index is 11.7. The molecule has 2 heterocycles. The standard InChI is InChI=1S/C9H8N4O4S2/c1-2-18-9-12-11-8(19-9)10-7(14)5-3-4-6(17-5)13(15)16/h3-4H,2H2,1H3,(H,10,11,14). The molecule has 0 saturated heterocycles. The van der Waals surface area contributed by atoms with Crippen molar-refractivity contribution < 1.29 is 14.1 Å². The summed E-state index contributed by atoms with van der Waals surface area (Å²) in [6.45, 7) is 1.98. The Bertz CT molecular complexity index is 609. The van der Waals surface area contributed by atoms with Gasteiger partial charge in [-0.1, -0.05) is 30.0 Å². The molecular weight excluding hydrogens is 292 g/mol. The molecule has 8 nitrogen and oxygen atoms in total. The number of carbonyl (C=O) groups is 1. The lowest BCUT2D eigenvalue weighted by molar-refractivity contribution is -0.402. The molecule has 0 aliphatic heterocycles. The number of hydrogen-bond donors (Lipinski definition) is 1. The van der Waals surface area contributed by atoms with Crippen molar-refractivity contribution in [2.45, 2.75) is 11.3 Å². The number of nitrogens with zero attached hydrogens (tertiary/aromatic N) is 3. The number of nitrogens with one attached hydrogen (secondary N) is 1. The van der Waals surface area contributed by atoms with E-state index in [9.17, 15) is 14.9 Å². The van der Waals surface area contributed by atoms with E-state index >= 15 is 0 Å². The van der Waals surface area contributed by atoms with Crippen LogP contribution in [0.5, 0.6) is 0 Å². The molecule has 1 N–H and O–H groups in total. The Labute approximate surface area is 115 Å². The number of amides is 1. The Kier molecular flexibility index (Phi) is 4.12. The van der Waals surface area contributed by atoms with Crippen molar-refractivity contribution in [3.05, 3.63) is 28.0 Å². The summed E-state index contributed by atoms with van der Waals surface area (Å²) in [6, 6.07) is 2.35. The van der Waals surface area contributed by atoms with E-state index in [2.05, 4.69) is 15.5 Å². The second-order valence-corrected chi connectivity index (χ2v) is 5.64. The van der Waals surface area contributed by atoms with E-state index in [0.717, 1.165) is 16.2 Å². The van der Waals surface area contributed by atoms with Crippen molar-refractivity contribution in [3.8, 4) is 0 Å². The minimum Gasteiger partial charge on any atom is -0.395 e. The summed E-state index contributed by atoms with van der Waals surface area (Å²) >= 11 is 2.73. The fourth-order valence-electron chi connectivity index (χ4n) is 1.15. The fourth-order valence-corrected chi connectivity index (χ4v) is 2.79. The zero-order chi connectivity index (χ0) is 13.8. The van der Waals surface area contributed by atoms with Crippen LogP contribution in [0.3, 0.4) is 0 Å². The van der Waals surface area contributed by atoms with Crippen LogP contribution < -0.4 is 5.32 Å². The molecule has 19 heavy (non-hydrogen) atoms. The summed E-state index contributed by atoms with van der Waals surface area (Å²) < 4.78 is 5.51. The van der Waals surface area contributed by atoms with Gasteiger partial charge < -0.3 is 4.42 Å². The van der Waals surface area contributed by atoms with Gasteiger partial charge in [0, 0.05) is 0 Å². The van der Waals surface area contributed by atoms with Crippen LogP contribution in [0, 0.1) is 10.1 Å². The Hall–Kier alpha value is -1.94. The van der Waals surface area contributed by atoms with Crippen molar-refractivity contribution in [3.63, 3.8) is 0 Å². The van der Waals surface area contributed by atoms with Crippen LogP contribution >= 0.6 is 23.1 Å². The van der Waals surface area contributed by atoms with Crippen molar-refractivity contribution in [2.75, 3.05) is 11.1 Å². The second kappa shape index (κ2) is 5.80. The van der Waals surface area contributed by atoms with E-state index in [4.69, 9.17) is 4.42 Å². The Morgan fingerprint density at radius 2 is 2.37 bits per heavy atom. The van der Waals surface area contributed by atoms with Gasteiger partial charge in [0.05, 0.1) is 6.07 Å². The maximum Gasteiger partial charge on any atom is 0.433 e. The van der Waals surface area contributed by atoms with Gasteiger partial charge in [-0.2, -0.15) is 0 Å². The predicted molar refractivity (Wildman–Crippen MR) is 69.6 cm³/mol. The van der Waals surface area contributed by atoms with Crippen LogP contribution in [-0.2, 0) is 0 Å². The molecule has 10 heteroatoms. The number of carbonyl (C=O) groups excluding carboxylic acids is 1. The van der Waals surface area contributed by atoms with Gasteiger partial charge in [0.15, 0.2) is 10.1 Å². The van der Waals surface area contributed by atoms with E-state index < -0.39 is 16.7 Å². The molecular formula is C9H8N4O4S2. The second-order valence-electron chi connectivity index (χ2n) is 3.16. The first kappa shape index (κ1) is 13.5. The van der Waals surface area contributed by atoms with Crippen molar-refractivity contribution in [2.24, 2.45) is 0 Å².